The van der Waals surface area contributed by atoms with E-state index in [0.29, 0.717) is 16.0 Å². The lowest BCUT2D eigenvalue weighted by molar-refractivity contribution is -0.385. The van der Waals surface area contributed by atoms with Gasteiger partial charge in [0.2, 0.25) is 0 Å². The van der Waals surface area contributed by atoms with Crippen molar-refractivity contribution in [2.75, 3.05) is 5.43 Å². The number of ether oxygens (including phenoxy) is 1. The zero-order chi connectivity index (χ0) is 14.5. The summed E-state index contributed by atoms with van der Waals surface area (Å²) in [5.74, 6) is 6.17. The summed E-state index contributed by atoms with van der Waals surface area (Å²) >= 11 is 3.29. The quantitative estimate of drug-likeness (QED) is 0.493. The highest BCUT2D eigenvalue weighted by Crippen LogP contribution is 2.29. The van der Waals surface area contributed by atoms with Gasteiger partial charge in [0.15, 0.2) is 0 Å². The average molecular weight is 339 g/mol. The lowest BCUT2D eigenvalue weighted by atomic mass is 10.3. The van der Waals surface area contributed by atoms with Crippen LogP contribution in [0.25, 0.3) is 0 Å². The van der Waals surface area contributed by atoms with Crippen LogP contribution in [-0.4, -0.2) is 9.91 Å². The fraction of sp³-hybridized carbons (Fsp3) is 0.0833. The molecule has 0 saturated heterocycles. The SMILES string of the molecule is NNc1ccc(COc2cc([N+](=O)[O-])ccc2Br)cn1. The molecule has 0 saturated carbocycles. The smallest absolute Gasteiger partial charge is 0.273 e. The van der Waals surface area contributed by atoms with Gasteiger partial charge in [-0.15, -0.1) is 0 Å². The number of anilines is 1. The fourth-order valence-electron chi connectivity index (χ4n) is 1.47. The monoisotopic (exact) mass is 338 g/mol. The number of nitrogens with zero attached hydrogens (tertiary/aromatic N) is 2. The van der Waals surface area contributed by atoms with E-state index in [1.807, 2.05) is 0 Å². The van der Waals surface area contributed by atoms with E-state index in [9.17, 15) is 10.1 Å². The van der Waals surface area contributed by atoms with E-state index < -0.39 is 4.92 Å². The first-order valence-corrected chi connectivity index (χ1v) is 6.37. The molecule has 2 aromatic rings. The van der Waals surface area contributed by atoms with Gasteiger partial charge in [0.25, 0.3) is 5.69 Å². The normalized spacial score (nSPS) is 10.1. The van der Waals surface area contributed by atoms with Crippen molar-refractivity contribution in [3.8, 4) is 5.75 Å². The molecule has 0 radical (unpaired) electrons. The van der Waals surface area contributed by atoms with E-state index in [-0.39, 0.29) is 12.3 Å². The molecule has 0 fully saturated rings. The van der Waals surface area contributed by atoms with E-state index in [1.54, 1.807) is 24.4 Å². The molecule has 8 heteroatoms. The molecule has 7 nitrogen and oxygen atoms in total. The molecule has 0 spiro atoms. The first-order chi connectivity index (χ1) is 9.60. The van der Waals surface area contributed by atoms with Crippen LogP contribution in [0.3, 0.4) is 0 Å². The Hall–Kier alpha value is -2.19. The van der Waals surface area contributed by atoms with E-state index in [0.717, 1.165) is 5.56 Å². The molecule has 1 aromatic carbocycles. The second-order valence-electron chi connectivity index (χ2n) is 3.86. The summed E-state index contributed by atoms with van der Waals surface area (Å²) < 4.78 is 6.19. The first kappa shape index (κ1) is 14.2. The third-order valence-corrected chi connectivity index (χ3v) is 3.15. The van der Waals surface area contributed by atoms with Crippen LogP contribution < -0.4 is 16.0 Å². The molecule has 104 valence electrons. The van der Waals surface area contributed by atoms with Gasteiger partial charge in [0, 0.05) is 17.8 Å². The fourth-order valence-corrected chi connectivity index (χ4v) is 1.83. The average Bonchev–Trinajstić information content (AvgIpc) is 2.46. The summed E-state index contributed by atoms with van der Waals surface area (Å²) in [5.41, 5.74) is 3.22. The summed E-state index contributed by atoms with van der Waals surface area (Å²) in [6.45, 7) is 0.248. The Kier molecular flexibility index (Phi) is 4.49. The zero-order valence-electron chi connectivity index (χ0n) is 10.2. The highest BCUT2D eigenvalue weighted by atomic mass is 79.9. The number of nitro benzene ring substituents is 1. The maximum Gasteiger partial charge on any atom is 0.273 e. The Morgan fingerprint density at radius 1 is 1.40 bits per heavy atom. The number of hydrogen-bond acceptors (Lipinski definition) is 6. The number of rotatable bonds is 5. The Morgan fingerprint density at radius 2 is 2.20 bits per heavy atom. The van der Waals surface area contributed by atoms with Gasteiger partial charge < -0.3 is 10.2 Å². The summed E-state index contributed by atoms with van der Waals surface area (Å²) in [4.78, 5) is 14.3. The Labute approximate surface area is 123 Å². The summed E-state index contributed by atoms with van der Waals surface area (Å²) in [6, 6.07) is 7.86. The number of benzene rings is 1. The van der Waals surface area contributed by atoms with E-state index in [4.69, 9.17) is 10.6 Å². The van der Waals surface area contributed by atoms with E-state index in [2.05, 4.69) is 26.3 Å². The standard InChI is InChI=1S/C12H11BrN4O3/c13-10-3-2-9(17(18)19)5-11(10)20-7-8-1-4-12(16-14)15-6-8/h1-6H,7,14H2,(H,15,16). The second-order valence-corrected chi connectivity index (χ2v) is 4.71. The lowest BCUT2D eigenvalue weighted by Crippen LogP contribution is -2.08. The largest absolute Gasteiger partial charge is 0.487 e. The van der Waals surface area contributed by atoms with Crippen molar-refractivity contribution >= 4 is 27.4 Å². The van der Waals surface area contributed by atoms with Crippen LogP contribution in [0.1, 0.15) is 5.56 Å². The highest BCUT2D eigenvalue weighted by Gasteiger charge is 2.10. The van der Waals surface area contributed by atoms with Crippen molar-refractivity contribution in [1.29, 1.82) is 0 Å². The molecule has 0 aliphatic carbocycles. The summed E-state index contributed by atoms with van der Waals surface area (Å²) in [6.07, 6.45) is 1.61. The van der Waals surface area contributed by atoms with E-state index in [1.165, 1.54) is 12.1 Å². The second kappa shape index (κ2) is 6.31. The predicted octanol–water partition coefficient (Wildman–Crippen LogP) is 2.62. The van der Waals surface area contributed by atoms with Gasteiger partial charge >= 0.3 is 0 Å². The summed E-state index contributed by atoms with van der Waals surface area (Å²) in [7, 11) is 0. The van der Waals surface area contributed by atoms with Crippen molar-refractivity contribution in [3.05, 3.63) is 56.7 Å². The Bertz CT molecular complexity index is 619. The third-order valence-electron chi connectivity index (χ3n) is 2.49. The highest BCUT2D eigenvalue weighted by molar-refractivity contribution is 9.10. The van der Waals surface area contributed by atoms with Crippen molar-refractivity contribution in [1.82, 2.24) is 4.98 Å². The van der Waals surface area contributed by atoms with Gasteiger partial charge in [0.1, 0.15) is 18.2 Å². The molecule has 1 aromatic heterocycles. The Morgan fingerprint density at radius 3 is 2.80 bits per heavy atom. The molecule has 2 rings (SSSR count). The molecule has 0 aliphatic heterocycles. The van der Waals surface area contributed by atoms with Gasteiger partial charge in [-0.05, 0) is 28.1 Å². The maximum atomic E-state index is 10.7. The molecule has 0 unspecified atom stereocenters. The molecule has 1 heterocycles. The molecule has 0 amide bonds. The van der Waals surface area contributed by atoms with Crippen LogP contribution in [0.5, 0.6) is 5.75 Å². The molecule has 3 N–H and O–H groups in total. The van der Waals surface area contributed by atoms with Crippen molar-refractivity contribution in [2.45, 2.75) is 6.61 Å². The Balaban J connectivity index is 2.09. The van der Waals surface area contributed by atoms with Crippen LogP contribution in [0.15, 0.2) is 41.0 Å². The number of aromatic nitrogens is 1. The molecule has 0 aliphatic rings. The number of nitrogens with one attached hydrogen (secondary N) is 1. The number of nitro groups is 1. The minimum absolute atomic E-state index is 0.0241. The minimum Gasteiger partial charge on any atom is -0.487 e. The molecular weight excluding hydrogens is 328 g/mol. The predicted molar refractivity (Wildman–Crippen MR) is 77.2 cm³/mol. The number of nitrogen functional groups attached to an aromatic ring is 1. The van der Waals surface area contributed by atoms with Crippen LogP contribution in [-0.2, 0) is 6.61 Å². The van der Waals surface area contributed by atoms with Crippen molar-refractivity contribution in [2.24, 2.45) is 5.84 Å². The van der Waals surface area contributed by atoms with Gasteiger partial charge in [-0.25, -0.2) is 10.8 Å². The van der Waals surface area contributed by atoms with Crippen molar-refractivity contribution in [3.63, 3.8) is 0 Å². The third kappa shape index (κ3) is 3.43. The zero-order valence-corrected chi connectivity index (χ0v) is 11.8. The van der Waals surface area contributed by atoms with Gasteiger partial charge in [-0.2, -0.15) is 0 Å². The van der Waals surface area contributed by atoms with Crippen LogP contribution in [0.4, 0.5) is 11.5 Å². The maximum absolute atomic E-state index is 10.7. The van der Waals surface area contributed by atoms with Gasteiger partial charge in [0.05, 0.1) is 15.5 Å². The van der Waals surface area contributed by atoms with Crippen molar-refractivity contribution < 1.29 is 9.66 Å². The minimum atomic E-state index is -0.470. The number of nitrogens with two attached hydrogens (primary N) is 1. The van der Waals surface area contributed by atoms with Gasteiger partial charge in [-0.3, -0.25) is 10.1 Å². The number of halogens is 1. The molecule has 0 atom stereocenters. The number of non-ortho nitro benzene ring substituents is 1. The first-order valence-electron chi connectivity index (χ1n) is 5.58. The van der Waals surface area contributed by atoms with Crippen LogP contribution in [0, 0.1) is 10.1 Å². The van der Waals surface area contributed by atoms with Crippen LogP contribution in [0.2, 0.25) is 0 Å². The van der Waals surface area contributed by atoms with Gasteiger partial charge in [-0.1, -0.05) is 6.07 Å². The van der Waals surface area contributed by atoms with Crippen LogP contribution >= 0.6 is 15.9 Å². The number of hydrazine groups is 1. The van der Waals surface area contributed by atoms with E-state index >= 15 is 0 Å². The number of pyridine rings is 1. The molecule has 0 bridgehead atoms. The molecule has 20 heavy (non-hydrogen) atoms. The lowest BCUT2D eigenvalue weighted by Gasteiger charge is -2.08. The topological polar surface area (TPSA) is 103 Å². The summed E-state index contributed by atoms with van der Waals surface area (Å²) in [5, 5.41) is 10.7. The molecular formula is C12H11BrN4O3. The number of hydrogen-bond donors (Lipinski definition) is 2.